The van der Waals surface area contributed by atoms with E-state index >= 15 is 0 Å². The number of benzene rings is 3. The van der Waals surface area contributed by atoms with Crippen LogP contribution in [0.5, 0.6) is 0 Å². The third-order valence-corrected chi connectivity index (χ3v) is 8.36. The number of hydrogen-bond acceptors (Lipinski definition) is 10. The Morgan fingerprint density at radius 2 is 1.80 bits per heavy atom. The Kier molecular flexibility index (Phi) is 10.4. The molecule has 4 atom stereocenters. The highest BCUT2D eigenvalue weighted by Gasteiger charge is 2.32. The number of thioether (sulfide) groups is 1. The van der Waals surface area contributed by atoms with Gasteiger partial charge in [-0.05, 0) is 51.2 Å². The van der Waals surface area contributed by atoms with E-state index in [9.17, 15) is 14.7 Å². The summed E-state index contributed by atoms with van der Waals surface area (Å²) in [5.41, 5.74) is 5.68. The molecule has 0 aliphatic carbocycles. The molecule has 4 aromatic rings. The maximum atomic E-state index is 12.2. The number of amides is 1. The number of nitrogens with zero attached hydrogens (tertiary/aromatic N) is 4. The van der Waals surface area contributed by atoms with Crippen molar-refractivity contribution in [2.24, 2.45) is 7.05 Å². The summed E-state index contributed by atoms with van der Waals surface area (Å²) in [6.45, 7) is 3.12. The standard InChI is InChI=1S/C32H35N5O6S/c1-20(41-21(2)39)30(40)33-17-23-5-4-6-27(15-23)24-11-13-26(14-12-24)31-42-28(19-44-32-34-35-36-37(32)3)16-29(43-31)25-9-7-22(18-38)8-10-25/h4-15,20,28-29,31,38H,16-19H2,1-3H3,(H,33,40)/t20-,28-,29+,31+/m0/s1. The maximum Gasteiger partial charge on any atom is 0.303 e. The average Bonchev–Trinajstić information content (AvgIpc) is 3.46. The lowest BCUT2D eigenvalue weighted by Gasteiger charge is -2.36. The maximum absolute atomic E-state index is 12.2. The SMILES string of the molecule is CC(=O)O[C@@H](C)C(=O)NCc1cccc(-c2ccc([C@@H]3O[C@H](CSc4nnnn4C)C[C@H](c4ccc(CO)cc4)O3)cc2)c1. The van der Waals surface area contributed by atoms with Crippen molar-refractivity contribution in [3.63, 3.8) is 0 Å². The minimum absolute atomic E-state index is 0.0122. The fraction of sp³-hybridized carbons (Fsp3) is 0.344. The molecule has 11 nitrogen and oxygen atoms in total. The van der Waals surface area contributed by atoms with Gasteiger partial charge in [0.1, 0.15) is 0 Å². The van der Waals surface area contributed by atoms with Crippen LogP contribution in [0.4, 0.5) is 0 Å². The summed E-state index contributed by atoms with van der Waals surface area (Å²) in [6, 6.07) is 23.8. The third kappa shape index (κ3) is 8.08. The molecule has 0 spiro atoms. The van der Waals surface area contributed by atoms with Crippen molar-refractivity contribution < 1.29 is 28.9 Å². The van der Waals surface area contributed by atoms with Crippen molar-refractivity contribution in [3.8, 4) is 11.1 Å². The summed E-state index contributed by atoms with van der Waals surface area (Å²) in [5, 5.41) is 24.7. The molecule has 230 valence electrons. The number of hydrogen-bond donors (Lipinski definition) is 2. The van der Waals surface area contributed by atoms with Crippen molar-refractivity contribution in [1.29, 1.82) is 0 Å². The van der Waals surface area contributed by atoms with Gasteiger partial charge in [-0.1, -0.05) is 78.5 Å². The second-order valence-electron chi connectivity index (χ2n) is 10.5. The number of carbonyl (C=O) groups is 2. The molecule has 5 rings (SSSR count). The molecule has 1 aliphatic rings. The van der Waals surface area contributed by atoms with Crippen molar-refractivity contribution in [3.05, 3.63) is 95.1 Å². The second kappa shape index (κ2) is 14.6. The largest absolute Gasteiger partial charge is 0.453 e. The summed E-state index contributed by atoms with van der Waals surface area (Å²) in [5.74, 6) is -0.196. The third-order valence-electron chi connectivity index (χ3n) is 7.22. The number of aliphatic hydroxyl groups is 1. The molecule has 1 aliphatic heterocycles. The molecule has 1 aromatic heterocycles. The van der Waals surface area contributed by atoms with Crippen LogP contribution >= 0.6 is 11.8 Å². The van der Waals surface area contributed by atoms with Gasteiger partial charge in [-0.3, -0.25) is 9.59 Å². The van der Waals surface area contributed by atoms with Crippen LogP contribution in [-0.2, 0) is 44.0 Å². The number of aliphatic hydroxyl groups excluding tert-OH is 1. The molecule has 0 saturated carbocycles. The molecule has 3 aromatic carbocycles. The molecular formula is C32H35N5O6S. The lowest BCUT2D eigenvalue weighted by molar-refractivity contribution is -0.245. The van der Waals surface area contributed by atoms with E-state index < -0.39 is 18.4 Å². The lowest BCUT2D eigenvalue weighted by atomic mass is 9.99. The topological polar surface area (TPSA) is 138 Å². The number of aromatic nitrogens is 4. The van der Waals surface area contributed by atoms with Crippen LogP contribution < -0.4 is 5.32 Å². The number of rotatable bonds is 11. The van der Waals surface area contributed by atoms with Gasteiger partial charge in [-0.2, -0.15) is 0 Å². The van der Waals surface area contributed by atoms with E-state index in [1.807, 2.05) is 72.8 Å². The Bertz CT molecular complexity index is 1560. The predicted molar refractivity (Wildman–Crippen MR) is 163 cm³/mol. The number of aryl methyl sites for hydroxylation is 1. The minimum atomic E-state index is -0.853. The first kappa shape index (κ1) is 31.3. The normalized spacial score (nSPS) is 18.9. The van der Waals surface area contributed by atoms with E-state index in [2.05, 4.69) is 20.8 Å². The molecule has 1 fully saturated rings. The van der Waals surface area contributed by atoms with Crippen LogP contribution in [0.2, 0.25) is 0 Å². The molecule has 1 amide bonds. The highest BCUT2D eigenvalue weighted by Crippen LogP contribution is 2.39. The van der Waals surface area contributed by atoms with Gasteiger partial charge in [0.2, 0.25) is 5.16 Å². The molecule has 0 unspecified atom stereocenters. The van der Waals surface area contributed by atoms with Crippen molar-refractivity contribution in [2.45, 2.75) is 63.2 Å². The van der Waals surface area contributed by atoms with E-state index in [0.717, 1.165) is 33.4 Å². The number of carbonyl (C=O) groups excluding carboxylic acids is 2. The minimum Gasteiger partial charge on any atom is -0.453 e. The molecule has 12 heteroatoms. The van der Waals surface area contributed by atoms with Crippen molar-refractivity contribution in [1.82, 2.24) is 25.5 Å². The Hall–Kier alpha value is -4.10. The van der Waals surface area contributed by atoms with Crippen LogP contribution in [0.1, 0.15) is 54.9 Å². The Morgan fingerprint density at radius 1 is 1.05 bits per heavy atom. The number of tetrazole rings is 1. The van der Waals surface area contributed by atoms with Crippen LogP contribution in [-0.4, -0.2) is 55.2 Å². The molecule has 2 heterocycles. The van der Waals surface area contributed by atoms with Gasteiger partial charge in [0.25, 0.3) is 5.91 Å². The number of ether oxygens (including phenoxy) is 3. The molecular weight excluding hydrogens is 582 g/mol. The predicted octanol–water partition coefficient (Wildman–Crippen LogP) is 4.27. The zero-order chi connectivity index (χ0) is 31.1. The van der Waals surface area contributed by atoms with Crippen molar-refractivity contribution in [2.75, 3.05) is 5.75 Å². The van der Waals surface area contributed by atoms with Gasteiger partial charge >= 0.3 is 5.97 Å². The first-order valence-corrected chi connectivity index (χ1v) is 15.3. The smallest absolute Gasteiger partial charge is 0.303 e. The Morgan fingerprint density at radius 3 is 2.48 bits per heavy atom. The van der Waals surface area contributed by atoms with Crippen molar-refractivity contribution >= 4 is 23.6 Å². The molecule has 2 N–H and O–H groups in total. The van der Waals surface area contributed by atoms with Gasteiger partial charge in [0, 0.05) is 38.3 Å². The summed E-state index contributed by atoms with van der Waals surface area (Å²) in [4.78, 5) is 23.4. The van der Waals surface area contributed by atoms with Crippen LogP contribution in [0.15, 0.2) is 78.0 Å². The zero-order valence-electron chi connectivity index (χ0n) is 24.8. The van der Waals surface area contributed by atoms with Gasteiger partial charge < -0.3 is 24.6 Å². The molecule has 0 bridgehead atoms. The van der Waals surface area contributed by atoms with Gasteiger partial charge in [0.05, 0.1) is 18.8 Å². The molecule has 1 saturated heterocycles. The Balaban J connectivity index is 1.28. The van der Waals surface area contributed by atoms with E-state index in [4.69, 9.17) is 14.2 Å². The van der Waals surface area contributed by atoms with Crippen LogP contribution in [0, 0.1) is 0 Å². The second-order valence-corrected chi connectivity index (χ2v) is 11.5. The van der Waals surface area contributed by atoms with Gasteiger partial charge in [-0.15, -0.1) is 5.10 Å². The first-order valence-electron chi connectivity index (χ1n) is 14.3. The zero-order valence-corrected chi connectivity index (χ0v) is 25.6. The highest BCUT2D eigenvalue weighted by atomic mass is 32.2. The summed E-state index contributed by atoms with van der Waals surface area (Å²) in [7, 11) is 1.81. The molecule has 0 radical (unpaired) electrons. The van der Waals surface area contributed by atoms with E-state index in [1.165, 1.54) is 18.7 Å². The lowest BCUT2D eigenvalue weighted by Crippen LogP contribution is -2.35. The first-order chi connectivity index (χ1) is 21.3. The van der Waals surface area contributed by atoms with E-state index in [0.29, 0.717) is 23.9 Å². The molecule has 44 heavy (non-hydrogen) atoms. The van der Waals surface area contributed by atoms with Gasteiger partial charge in [-0.25, -0.2) is 4.68 Å². The Labute approximate surface area is 259 Å². The number of esters is 1. The summed E-state index contributed by atoms with van der Waals surface area (Å²) in [6.07, 6.45) is -1.08. The fourth-order valence-electron chi connectivity index (χ4n) is 4.86. The highest BCUT2D eigenvalue weighted by molar-refractivity contribution is 7.99. The van der Waals surface area contributed by atoms with Gasteiger partial charge in [0.15, 0.2) is 12.4 Å². The summed E-state index contributed by atoms with van der Waals surface area (Å²) < 4.78 is 19.5. The van der Waals surface area contributed by atoms with E-state index in [1.54, 1.807) is 18.7 Å². The van der Waals surface area contributed by atoms with Crippen LogP contribution in [0.3, 0.4) is 0 Å². The van der Waals surface area contributed by atoms with Crippen LogP contribution in [0.25, 0.3) is 11.1 Å². The van der Waals surface area contributed by atoms with E-state index in [-0.39, 0.29) is 24.7 Å². The number of nitrogens with one attached hydrogen (secondary N) is 1. The monoisotopic (exact) mass is 617 g/mol. The summed E-state index contributed by atoms with van der Waals surface area (Å²) >= 11 is 1.54. The fourth-order valence-corrected chi connectivity index (χ4v) is 5.73. The average molecular weight is 618 g/mol. The quantitative estimate of drug-likeness (QED) is 0.185.